The van der Waals surface area contributed by atoms with Gasteiger partial charge in [-0.1, -0.05) is 24.3 Å². The Morgan fingerprint density at radius 2 is 1.86 bits per heavy atom. The summed E-state index contributed by atoms with van der Waals surface area (Å²) in [7, 11) is 0. The Morgan fingerprint density at radius 1 is 1.14 bits per heavy atom. The summed E-state index contributed by atoms with van der Waals surface area (Å²) < 4.78 is 0. The number of rotatable bonds is 1. The van der Waals surface area contributed by atoms with Gasteiger partial charge >= 0.3 is 0 Å². The monoisotopic (exact) mass is 186 g/mol. The van der Waals surface area contributed by atoms with Crippen LogP contribution in [-0.4, -0.2) is 4.92 Å². The van der Waals surface area contributed by atoms with Crippen molar-refractivity contribution >= 4 is 22.1 Å². The summed E-state index contributed by atoms with van der Waals surface area (Å²) >= 11 is 0. The highest BCUT2D eigenvalue weighted by atomic mass is 16.6. The van der Waals surface area contributed by atoms with E-state index in [1.54, 1.807) is 24.3 Å². The van der Waals surface area contributed by atoms with E-state index in [-0.39, 0.29) is 11.4 Å². The first kappa shape index (κ1) is 8.50. The highest BCUT2D eigenvalue weighted by Gasteiger charge is 2.14. The molecule has 4 heteroatoms. The van der Waals surface area contributed by atoms with E-state index in [2.05, 4.69) is 0 Å². The summed E-state index contributed by atoms with van der Waals surface area (Å²) in [4.78, 5) is 9.92. The second-order valence-corrected chi connectivity index (χ2v) is 2.91. The molecule has 0 atom stereocenters. The van der Waals surface area contributed by atoms with Crippen molar-refractivity contribution in [2.24, 2.45) is 0 Å². The largest absolute Gasteiger partial charge is 0.297 e. The second-order valence-electron chi connectivity index (χ2n) is 2.91. The summed E-state index contributed by atoms with van der Waals surface area (Å²) in [5, 5.41) is 11.8. The van der Waals surface area contributed by atoms with E-state index in [1.165, 1.54) is 6.07 Å². The van der Waals surface area contributed by atoms with Gasteiger partial charge in [-0.15, -0.1) is 5.73 Å². The van der Waals surface area contributed by atoms with Crippen LogP contribution in [0.5, 0.6) is 0 Å². The van der Waals surface area contributed by atoms with Gasteiger partial charge in [0.25, 0.3) is 5.69 Å². The average Bonchev–Trinajstić information content (AvgIpc) is 2.18. The second kappa shape index (κ2) is 2.99. The van der Waals surface area contributed by atoms with Crippen molar-refractivity contribution in [1.82, 2.24) is 5.73 Å². The molecule has 4 nitrogen and oxygen atoms in total. The van der Waals surface area contributed by atoms with Gasteiger partial charge in [-0.05, 0) is 11.5 Å². The zero-order chi connectivity index (χ0) is 10.1. The molecule has 0 fully saturated rings. The topological polar surface area (TPSA) is 65.4 Å². The van der Waals surface area contributed by atoms with Gasteiger partial charge < -0.3 is 0 Å². The van der Waals surface area contributed by atoms with Crippen LogP contribution in [0.15, 0.2) is 36.4 Å². The van der Waals surface area contributed by atoms with Crippen LogP contribution in [0.2, 0.25) is 0 Å². The molecule has 0 aliphatic heterocycles. The fraction of sp³-hybridized carbons (Fsp3) is 0. The van der Waals surface area contributed by atoms with E-state index in [4.69, 9.17) is 0 Å². The number of nitro groups is 1. The Labute approximate surface area is 80.1 Å². The maximum absolute atomic E-state index is 10.5. The third-order valence-corrected chi connectivity index (χ3v) is 2.08. The maximum Gasteiger partial charge on any atom is 0.297 e. The van der Waals surface area contributed by atoms with Crippen LogP contribution in [0.3, 0.4) is 0 Å². The van der Waals surface area contributed by atoms with Crippen molar-refractivity contribution < 1.29 is 4.92 Å². The molecule has 14 heavy (non-hydrogen) atoms. The van der Waals surface area contributed by atoms with E-state index in [1.807, 2.05) is 6.07 Å². The number of hydrogen-bond acceptors (Lipinski definition) is 2. The van der Waals surface area contributed by atoms with Crippen LogP contribution in [0.4, 0.5) is 11.4 Å². The molecule has 0 heterocycles. The zero-order valence-corrected chi connectivity index (χ0v) is 7.18. The molecule has 0 spiro atoms. The summed E-state index contributed by atoms with van der Waals surface area (Å²) in [6.07, 6.45) is 0. The third-order valence-electron chi connectivity index (χ3n) is 2.08. The fourth-order valence-corrected chi connectivity index (χ4v) is 1.39. The minimum absolute atomic E-state index is 0.260. The predicted octanol–water partition coefficient (Wildman–Crippen LogP) is 2.45. The van der Waals surface area contributed by atoms with E-state index in [9.17, 15) is 15.8 Å². The summed E-state index contributed by atoms with van der Waals surface area (Å²) in [6.45, 7) is 0. The van der Waals surface area contributed by atoms with Crippen molar-refractivity contribution in [3.63, 3.8) is 0 Å². The molecule has 0 aliphatic rings. The molecular weight excluding hydrogens is 180 g/mol. The van der Waals surface area contributed by atoms with Crippen LogP contribution in [0.25, 0.3) is 10.8 Å². The molecule has 0 N–H and O–H groups in total. The normalized spacial score (nSPS) is 10.3. The molecule has 2 radical (unpaired) electrons. The Bertz CT molecular complexity index is 508. The van der Waals surface area contributed by atoms with Gasteiger partial charge in [-0.2, -0.15) is 0 Å². The van der Waals surface area contributed by atoms with E-state index in [0.717, 1.165) is 5.39 Å². The number of nitro benzene ring substituents is 1. The lowest BCUT2D eigenvalue weighted by molar-refractivity contribution is -0.384. The Morgan fingerprint density at radius 3 is 2.57 bits per heavy atom. The molecular formula is C10H6N2O2. The fourth-order valence-electron chi connectivity index (χ4n) is 1.39. The molecule has 2 aromatic rings. The van der Waals surface area contributed by atoms with Crippen LogP contribution >= 0.6 is 0 Å². The highest BCUT2D eigenvalue weighted by Crippen LogP contribution is 2.30. The number of hydrogen-bond donors (Lipinski definition) is 0. The van der Waals surface area contributed by atoms with Gasteiger partial charge in [0.15, 0.2) is 5.69 Å². The molecule has 0 bridgehead atoms. The number of fused-ring (bicyclic) bond motifs is 1. The number of benzene rings is 2. The smallest absolute Gasteiger partial charge is 0.258 e. The SMILES string of the molecule is [N]c1c([N+](=O)[O-])ccc2ccccc12. The Balaban J connectivity index is 2.81. The van der Waals surface area contributed by atoms with Gasteiger partial charge in [0.05, 0.1) is 4.92 Å². The van der Waals surface area contributed by atoms with Gasteiger partial charge in [-0.25, -0.2) is 0 Å². The maximum atomic E-state index is 10.5. The molecule has 2 aromatic carbocycles. The molecule has 0 aromatic heterocycles. The first-order valence-corrected chi connectivity index (χ1v) is 4.05. The standard InChI is InChI=1S/C10H6N2O2/c11-10-8-4-2-1-3-7(8)5-6-9(10)12(13)14/h1-6H. The van der Waals surface area contributed by atoms with Crippen molar-refractivity contribution in [3.8, 4) is 0 Å². The van der Waals surface area contributed by atoms with Crippen molar-refractivity contribution in [2.45, 2.75) is 0 Å². The molecule has 68 valence electrons. The Hall–Kier alpha value is -2.10. The lowest BCUT2D eigenvalue weighted by Crippen LogP contribution is -1.90. The quantitative estimate of drug-likeness (QED) is 0.507. The van der Waals surface area contributed by atoms with Crippen molar-refractivity contribution in [1.29, 1.82) is 0 Å². The van der Waals surface area contributed by atoms with E-state index >= 15 is 0 Å². The van der Waals surface area contributed by atoms with Crippen LogP contribution < -0.4 is 5.73 Å². The average molecular weight is 186 g/mol. The lowest BCUT2D eigenvalue weighted by Gasteiger charge is -1.99. The summed E-state index contributed by atoms with van der Waals surface area (Å²) in [6, 6.07) is 9.90. The highest BCUT2D eigenvalue weighted by molar-refractivity contribution is 5.95. The van der Waals surface area contributed by atoms with Crippen LogP contribution in [-0.2, 0) is 0 Å². The van der Waals surface area contributed by atoms with Crippen LogP contribution in [0, 0.1) is 10.1 Å². The first-order chi connectivity index (χ1) is 6.70. The van der Waals surface area contributed by atoms with Gasteiger partial charge in [0.1, 0.15) is 0 Å². The van der Waals surface area contributed by atoms with Gasteiger partial charge in [-0.3, -0.25) is 10.1 Å². The van der Waals surface area contributed by atoms with Crippen molar-refractivity contribution in [2.75, 3.05) is 0 Å². The van der Waals surface area contributed by atoms with E-state index < -0.39 is 4.92 Å². The lowest BCUT2D eigenvalue weighted by atomic mass is 10.1. The molecule has 0 unspecified atom stereocenters. The van der Waals surface area contributed by atoms with E-state index in [0.29, 0.717) is 5.39 Å². The minimum Gasteiger partial charge on any atom is -0.258 e. The summed E-state index contributed by atoms with van der Waals surface area (Å²) in [5.41, 5.74) is 9.05. The van der Waals surface area contributed by atoms with Gasteiger partial charge in [0, 0.05) is 11.5 Å². The van der Waals surface area contributed by atoms with Crippen molar-refractivity contribution in [3.05, 3.63) is 46.5 Å². The molecule has 0 saturated heterocycles. The number of nitrogens with zero attached hydrogens (tertiary/aromatic N) is 2. The molecule has 0 amide bonds. The van der Waals surface area contributed by atoms with Gasteiger partial charge in [0.2, 0.25) is 0 Å². The third kappa shape index (κ3) is 1.17. The molecule has 2 rings (SSSR count). The Kier molecular flexibility index (Phi) is 1.81. The summed E-state index contributed by atoms with van der Waals surface area (Å²) in [5.74, 6) is 0. The molecule has 0 saturated carbocycles. The first-order valence-electron chi connectivity index (χ1n) is 4.05. The predicted molar refractivity (Wildman–Crippen MR) is 52.4 cm³/mol. The zero-order valence-electron chi connectivity index (χ0n) is 7.18. The molecule has 0 aliphatic carbocycles. The van der Waals surface area contributed by atoms with Crippen LogP contribution in [0.1, 0.15) is 0 Å². The minimum atomic E-state index is -0.595.